The first-order chi connectivity index (χ1) is 7.93. The molecule has 0 bridgehead atoms. The predicted octanol–water partition coefficient (Wildman–Crippen LogP) is 5.17. The van der Waals surface area contributed by atoms with E-state index in [0.717, 1.165) is 24.7 Å². The van der Waals surface area contributed by atoms with Gasteiger partial charge in [0, 0.05) is 5.92 Å². The van der Waals surface area contributed by atoms with Crippen molar-refractivity contribution in [1.29, 1.82) is 5.26 Å². The second kappa shape index (κ2) is 6.43. The van der Waals surface area contributed by atoms with Gasteiger partial charge in [-0.05, 0) is 55.8 Å². The van der Waals surface area contributed by atoms with E-state index in [1.165, 1.54) is 32.1 Å². The number of hydrogen-bond acceptors (Lipinski definition) is 1. The molecular weight excluding hydrogens is 206 g/mol. The largest absolute Gasteiger partial charge is 0.198 e. The van der Waals surface area contributed by atoms with E-state index in [4.69, 9.17) is 5.26 Å². The Hall–Kier alpha value is -0.510. The Kier molecular flexibility index (Phi) is 5.50. The first-order valence-electron chi connectivity index (χ1n) is 7.32. The highest BCUT2D eigenvalue weighted by Gasteiger charge is 2.27. The molecule has 0 amide bonds. The zero-order valence-corrected chi connectivity index (χ0v) is 12.1. The minimum absolute atomic E-state index is 0.352. The van der Waals surface area contributed by atoms with E-state index < -0.39 is 0 Å². The molecule has 0 heterocycles. The third-order valence-electron chi connectivity index (χ3n) is 4.27. The zero-order valence-electron chi connectivity index (χ0n) is 12.1. The standard InChI is InChI=1S/C16H29N/c1-13(2)9-10-16(3,4)11-14-5-7-15(12-17)8-6-14/h13-15H,5-11H2,1-4H3. The summed E-state index contributed by atoms with van der Waals surface area (Å²) in [4.78, 5) is 0. The van der Waals surface area contributed by atoms with Gasteiger partial charge in [0.15, 0.2) is 0 Å². The molecule has 1 rings (SSSR count). The predicted molar refractivity (Wildman–Crippen MR) is 73.5 cm³/mol. The third kappa shape index (κ3) is 5.57. The van der Waals surface area contributed by atoms with Gasteiger partial charge in [0.2, 0.25) is 0 Å². The summed E-state index contributed by atoms with van der Waals surface area (Å²) in [5, 5.41) is 8.91. The molecule has 1 heteroatoms. The molecule has 1 nitrogen and oxygen atoms in total. The summed E-state index contributed by atoms with van der Waals surface area (Å²) in [6, 6.07) is 2.43. The van der Waals surface area contributed by atoms with Crippen LogP contribution in [0.25, 0.3) is 0 Å². The average molecular weight is 235 g/mol. The Morgan fingerprint density at radius 2 is 1.76 bits per heavy atom. The fourth-order valence-corrected chi connectivity index (χ4v) is 3.06. The van der Waals surface area contributed by atoms with Gasteiger partial charge in [-0.15, -0.1) is 0 Å². The van der Waals surface area contributed by atoms with Gasteiger partial charge in [0.05, 0.1) is 6.07 Å². The molecule has 0 N–H and O–H groups in total. The molecule has 1 saturated carbocycles. The van der Waals surface area contributed by atoms with Crippen LogP contribution in [-0.4, -0.2) is 0 Å². The Labute approximate surface area is 108 Å². The monoisotopic (exact) mass is 235 g/mol. The SMILES string of the molecule is CC(C)CCC(C)(C)CC1CCC(C#N)CC1. The van der Waals surface area contributed by atoms with Gasteiger partial charge in [0.25, 0.3) is 0 Å². The van der Waals surface area contributed by atoms with E-state index in [1.807, 2.05) is 0 Å². The lowest BCUT2D eigenvalue weighted by atomic mass is 9.72. The highest BCUT2D eigenvalue weighted by Crippen LogP contribution is 2.39. The van der Waals surface area contributed by atoms with Crippen LogP contribution in [0.3, 0.4) is 0 Å². The van der Waals surface area contributed by atoms with Gasteiger partial charge in [0.1, 0.15) is 0 Å². The summed E-state index contributed by atoms with van der Waals surface area (Å²) < 4.78 is 0. The first-order valence-corrected chi connectivity index (χ1v) is 7.32. The highest BCUT2D eigenvalue weighted by atomic mass is 14.3. The average Bonchev–Trinajstić information content (AvgIpc) is 2.27. The van der Waals surface area contributed by atoms with Crippen LogP contribution in [0, 0.1) is 34.5 Å². The summed E-state index contributed by atoms with van der Waals surface area (Å²) >= 11 is 0. The summed E-state index contributed by atoms with van der Waals surface area (Å²) in [5.41, 5.74) is 0.494. The molecule has 0 aliphatic heterocycles. The van der Waals surface area contributed by atoms with Crippen molar-refractivity contribution in [2.24, 2.45) is 23.2 Å². The minimum Gasteiger partial charge on any atom is -0.198 e. The molecule has 0 atom stereocenters. The number of rotatable bonds is 5. The Bertz CT molecular complexity index is 251. The third-order valence-corrected chi connectivity index (χ3v) is 4.27. The van der Waals surface area contributed by atoms with E-state index in [-0.39, 0.29) is 0 Å². The molecule has 17 heavy (non-hydrogen) atoms. The van der Waals surface area contributed by atoms with Crippen LogP contribution >= 0.6 is 0 Å². The van der Waals surface area contributed by atoms with Crippen LogP contribution in [0.5, 0.6) is 0 Å². The van der Waals surface area contributed by atoms with Crippen molar-refractivity contribution in [2.45, 2.75) is 72.6 Å². The van der Waals surface area contributed by atoms with Crippen molar-refractivity contribution in [3.63, 3.8) is 0 Å². The normalized spacial score (nSPS) is 25.9. The van der Waals surface area contributed by atoms with Crippen molar-refractivity contribution in [2.75, 3.05) is 0 Å². The van der Waals surface area contributed by atoms with Crippen molar-refractivity contribution in [3.05, 3.63) is 0 Å². The van der Waals surface area contributed by atoms with Gasteiger partial charge >= 0.3 is 0 Å². The number of nitrogens with zero attached hydrogens (tertiary/aromatic N) is 1. The summed E-state index contributed by atoms with van der Waals surface area (Å²) in [5.74, 6) is 2.05. The highest BCUT2D eigenvalue weighted by molar-refractivity contribution is 4.88. The maximum atomic E-state index is 8.91. The van der Waals surface area contributed by atoms with Gasteiger partial charge in [-0.1, -0.05) is 34.1 Å². The molecule has 1 aliphatic carbocycles. The van der Waals surface area contributed by atoms with E-state index in [1.54, 1.807) is 0 Å². The summed E-state index contributed by atoms with van der Waals surface area (Å²) in [7, 11) is 0. The maximum absolute atomic E-state index is 8.91. The minimum atomic E-state index is 0.352. The van der Waals surface area contributed by atoms with Crippen LogP contribution in [0.15, 0.2) is 0 Å². The molecule has 0 aromatic heterocycles. The number of hydrogen-bond donors (Lipinski definition) is 0. The molecule has 0 radical (unpaired) electrons. The van der Waals surface area contributed by atoms with E-state index in [2.05, 4.69) is 33.8 Å². The fraction of sp³-hybridized carbons (Fsp3) is 0.938. The zero-order chi connectivity index (χ0) is 12.9. The van der Waals surface area contributed by atoms with E-state index in [0.29, 0.717) is 11.3 Å². The smallest absolute Gasteiger partial charge is 0.0655 e. The summed E-state index contributed by atoms with van der Waals surface area (Å²) in [6.45, 7) is 9.47. The topological polar surface area (TPSA) is 23.8 Å². The molecule has 0 saturated heterocycles. The second-order valence-electron chi connectivity index (χ2n) is 7.15. The van der Waals surface area contributed by atoms with Gasteiger partial charge in [-0.2, -0.15) is 5.26 Å². The van der Waals surface area contributed by atoms with Gasteiger partial charge in [-0.3, -0.25) is 0 Å². The first kappa shape index (κ1) is 14.6. The lowest BCUT2D eigenvalue weighted by molar-refractivity contribution is 0.188. The van der Waals surface area contributed by atoms with Crippen LogP contribution in [0.2, 0.25) is 0 Å². The van der Waals surface area contributed by atoms with Crippen LogP contribution in [-0.2, 0) is 0 Å². The fourth-order valence-electron chi connectivity index (χ4n) is 3.06. The molecule has 0 aromatic rings. The molecule has 1 fully saturated rings. The lowest BCUT2D eigenvalue weighted by Gasteiger charge is -2.33. The molecule has 98 valence electrons. The Morgan fingerprint density at radius 1 is 1.18 bits per heavy atom. The van der Waals surface area contributed by atoms with Crippen molar-refractivity contribution >= 4 is 0 Å². The van der Waals surface area contributed by atoms with Crippen molar-refractivity contribution in [3.8, 4) is 6.07 Å². The quantitative estimate of drug-likeness (QED) is 0.645. The van der Waals surface area contributed by atoms with Gasteiger partial charge < -0.3 is 0 Å². The van der Waals surface area contributed by atoms with Crippen LogP contribution in [0.1, 0.15) is 72.6 Å². The van der Waals surface area contributed by atoms with E-state index in [9.17, 15) is 0 Å². The van der Waals surface area contributed by atoms with Crippen molar-refractivity contribution in [1.82, 2.24) is 0 Å². The second-order valence-corrected chi connectivity index (χ2v) is 7.15. The molecule has 1 aliphatic rings. The van der Waals surface area contributed by atoms with Crippen LogP contribution in [0.4, 0.5) is 0 Å². The summed E-state index contributed by atoms with van der Waals surface area (Å²) in [6.07, 6.45) is 8.90. The van der Waals surface area contributed by atoms with E-state index >= 15 is 0 Å². The molecule has 0 unspecified atom stereocenters. The molecule has 0 aromatic carbocycles. The molecular formula is C16H29N. The number of nitriles is 1. The maximum Gasteiger partial charge on any atom is 0.0655 e. The van der Waals surface area contributed by atoms with Gasteiger partial charge in [-0.25, -0.2) is 0 Å². The lowest BCUT2D eigenvalue weighted by Crippen LogP contribution is -2.21. The van der Waals surface area contributed by atoms with Crippen molar-refractivity contribution < 1.29 is 0 Å². The Morgan fingerprint density at radius 3 is 2.24 bits per heavy atom. The Balaban J connectivity index is 2.31. The van der Waals surface area contributed by atoms with Crippen LogP contribution < -0.4 is 0 Å². The molecule has 0 spiro atoms.